The lowest BCUT2D eigenvalue weighted by Crippen LogP contribution is -2.40. The first kappa shape index (κ1) is 20.5. The van der Waals surface area contributed by atoms with Gasteiger partial charge in [-0.1, -0.05) is 12.1 Å². The summed E-state index contributed by atoms with van der Waals surface area (Å²) in [6.45, 7) is 3.08. The molecule has 0 unspecified atom stereocenters. The molecule has 0 saturated carbocycles. The van der Waals surface area contributed by atoms with Gasteiger partial charge in [0.05, 0.1) is 18.5 Å². The first-order valence-corrected chi connectivity index (χ1v) is 10.1. The van der Waals surface area contributed by atoms with Crippen molar-refractivity contribution in [3.63, 3.8) is 0 Å². The fourth-order valence-electron chi connectivity index (χ4n) is 3.55. The number of likely N-dealkylation sites (N-methyl/N-ethyl adjacent to an activating group) is 1. The number of benzene rings is 1. The predicted molar refractivity (Wildman–Crippen MR) is 117 cm³/mol. The molecule has 4 rings (SSSR count). The van der Waals surface area contributed by atoms with Crippen LogP contribution in [-0.2, 0) is 4.79 Å². The van der Waals surface area contributed by atoms with Crippen LogP contribution < -0.4 is 20.7 Å². The highest BCUT2D eigenvalue weighted by Crippen LogP contribution is 2.28. The second kappa shape index (κ2) is 8.50. The molecule has 1 aliphatic heterocycles. The fourth-order valence-corrected chi connectivity index (χ4v) is 3.55. The van der Waals surface area contributed by atoms with Gasteiger partial charge >= 0.3 is 0 Å². The minimum absolute atomic E-state index is 0.0939. The van der Waals surface area contributed by atoms with Gasteiger partial charge in [-0.2, -0.15) is 9.61 Å². The van der Waals surface area contributed by atoms with Crippen molar-refractivity contribution in [2.75, 3.05) is 37.9 Å². The maximum absolute atomic E-state index is 12.9. The van der Waals surface area contributed by atoms with E-state index in [1.807, 2.05) is 31.2 Å². The molecule has 0 radical (unpaired) electrons. The van der Waals surface area contributed by atoms with Gasteiger partial charge in [-0.3, -0.25) is 9.59 Å². The van der Waals surface area contributed by atoms with E-state index in [-0.39, 0.29) is 11.8 Å². The molecule has 0 bridgehead atoms. The van der Waals surface area contributed by atoms with E-state index in [0.29, 0.717) is 48.2 Å². The smallest absolute Gasteiger partial charge is 0.257 e. The highest BCUT2D eigenvalue weighted by molar-refractivity contribution is 6.02. The van der Waals surface area contributed by atoms with Gasteiger partial charge in [-0.15, -0.1) is 0 Å². The van der Waals surface area contributed by atoms with Gasteiger partial charge in [0.1, 0.15) is 29.0 Å². The van der Waals surface area contributed by atoms with Crippen molar-refractivity contribution >= 4 is 34.8 Å². The van der Waals surface area contributed by atoms with E-state index in [9.17, 15) is 9.59 Å². The van der Waals surface area contributed by atoms with E-state index < -0.39 is 6.04 Å². The average Bonchev–Trinajstić information content (AvgIpc) is 3.33. The number of fused-ring (bicyclic) bond motifs is 1. The largest absolute Gasteiger partial charge is 0.492 e. The van der Waals surface area contributed by atoms with E-state index in [1.54, 1.807) is 29.6 Å². The Labute approximate surface area is 179 Å². The molecule has 10 nitrogen and oxygen atoms in total. The number of amides is 2. The van der Waals surface area contributed by atoms with Gasteiger partial charge in [-0.25, -0.2) is 4.98 Å². The number of aromatic nitrogens is 3. The first-order valence-electron chi connectivity index (χ1n) is 10.1. The van der Waals surface area contributed by atoms with Crippen LogP contribution in [0.3, 0.4) is 0 Å². The topological polar surface area (TPSA) is 113 Å². The number of rotatable bonds is 7. The highest BCUT2D eigenvalue weighted by atomic mass is 16.5. The van der Waals surface area contributed by atoms with Gasteiger partial charge in [0, 0.05) is 26.7 Å². The molecule has 1 aliphatic rings. The van der Waals surface area contributed by atoms with Crippen LogP contribution in [0.2, 0.25) is 0 Å². The normalized spacial score (nSPS) is 15.9. The van der Waals surface area contributed by atoms with Crippen LogP contribution in [0.4, 0.5) is 17.3 Å². The molecule has 1 saturated heterocycles. The molecule has 1 aromatic carbocycles. The number of nitrogens with one attached hydrogen (secondary N) is 3. The summed E-state index contributed by atoms with van der Waals surface area (Å²) in [4.78, 5) is 31.3. The number of carbonyl (C=O) groups excluding carboxylic acids is 2. The summed E-state index contributed by atoms with van der Waals surface area (Å²) in [6.07, 6.45) is 2.04. The zero-order valence-corrected chi connectivity index (χ0v) is 17.7. The van der Waals surface area contributed by atoms with Crippen LogP contribution >= 0.6 is 0 Å². The third-order valence-electron chi connectivity index (χ3n) is 5.16. The Morgan fingerprint density at radius 1 is 1.32 bits per heavy atom. The second-order valence-corrected chi connectivity index (χ2v) is 7.20. The Bertz CT molecular complexity index is 1130. The first-order chi connectivity index (χ1) is 15.0. The van der Waals surface area contributed by atoms with Crippen LogP contribution in [0.5, 0.6) is 5.75 Å². The molecule has 10 heteroatoms. The molecule has 0 aliphatic carbocycles. The van der Waals surface area contributed by atoms with Crippen molar-refractivity contribution in [1.29, 1.82) is 0 Å². The number of hydrogen-bond donors (Lipinski definition) is 3. The van der Waals surface area contributed by atoms with Gasteiger partial charge in [-0.05, 0) is 25.5 Å². The SMILES string of the molecule is CCOc1ccccc1Nc1cc(NC)n2ncc(C(=O)N[C@H]3CCN(C)C3=O)c2n1. The van der Waals surface area contributed by atoms with E-state index in [1.165, 1.54) is 6.20 Å². The predicted octanol–water partition coefficient (Wildman–Crippen LogP) is 1.87. The van der Waals surface area contributed by atoms with E-state index >= 15 is 0 Å². The van der Waals surface area contributed by atoms with Gasteiger partial charge < -0.3 is 25.6 Å². The quantitative estimate of drug-likeness (QED) is 0.532. The molecule has 3 aromatic rings. The Kier molecular flexibility index (Phi) is 5.61. The standard InChI is InChI=1S/C21H25N7O3/c1-4-31-16-8-6-5-7-14(16)24-17-11-18(22-2)28-19(26-17)13(12-23-28)20(29)25-15-9-10-27(3)21(15)30/h5-8,11-12,15,22H,4,9-10H2,1-3H3,(H,24,26)(H,25,29)/t15-/m0/s1. The van der Waals surface area contributed by atoms with Gasteiger partial charge in [0.2, 0.25) is 5.91 Å². The fraction of sp³-hybridized carbons (Fsp3) is 0.333. The van der Waals surface area contributed by atoms with E-state index in [0.717, 1.165) is 5.69 Å². The minimum Gasteiger partial charge on any atom is -0.492 e. The lowest BCUT2D eigenvalue weighted by molar-refractivity contribution is -0.128. The maximum Gasteiger partial charge on any atom is 0.257 e. The third kappa shape index (κ3) is 3.96. The summed E-state index contributed by atoms with van der Waals surface area (Å²) in [6, 6.07) is 8.82. The van der Waals surface area contributed by atoms with Gasteiger partial charge in [0.25, 0.3) is 5.91 Å². The van der Waals surface area contributed by atoms with Crippen LogP contribution in [0, 0.1) is 0 Å². The van der Waals surface area contributed by atoms with Crippen molar-refractivity contribution in [3.05, 3.63) is 42.1 Å². The Morgan fingerprint density at radius 2 is 2.13 bits per heavy atom. The van der Waals surface area contributed by atoms with Crippen LogP contribution in [0.15, 0.2) is 36.5 Å². The zero-order chi connectivity index (χ0) is 22.0. The third-order valence-corrected chi connectivity index (χ3v) is 5.16. The molecular weight excluding hydrogens is 398 g/mol. The van der Waals surface area contributed by atoms with Crippen molar-refractivity contribution in [3.8, 4) is 5.75 Å². The molecule has 31 heavy (non-hydrogen) atoms. The Morgan fingerprint density at radius 3 is 2.84 bits per heavy atom. The van der Waals surface area contributed by atoms with Crippen molar-refractivity contribution in [1.82, 2.24) is 24.8 Å². The monoisotopic (exact) mass is 423 g/mol. The molecule has 2 aromatic heterocycles. The van der Waals surface area contributed by atoms with Gasteiger partial charge in [0.15, 0.2) is 5.65 Å². The molecule has 2 amide bonds. The van der Waals surface area contributed by atoms with Crippen molar-refractivity contribution < 1.29 is 14.3 Å². The van der Waals surface area contributed by atoms with E-state index in [2.05, 4.69) is 26.0 Å². The summed E-state index contributed by atoms with van der Waals surface area (Å²) in [5.74, 6) is 1.40. The van der Waals surface area contributed by atoms with Crippen molar-refractivity contribution in [2.24, 2.45) is 0 Å². The number of carbonyl (C=O) groups is 2. The van der Waals surface area contributed by atoms with Crippen LogP contribution in [-0.4, -0.2) is 64.6 Å². The molecular formula is C21H25N7O3. The molecule has 162 valence electrons. The summed E-state index contributed by atoms with van der Waals surface area (Å²) >= 11 is 0. The molecule has 1 fully saturated rings. The number of hydrogen-bond acceptors (Lipinski definition) is 7. The zero-order valence-electron chi connectivity index (χ0n) is 17.7. The molecule has 3 heterocycles. The minimum atomic E-state index is -0.532. The number of ether oxygens (including phenoxy) is 1. The number of likely N-dealkylation sites (tertiary alicyclic amines) is 1. The summed E-state index contributed by atoms with van der Waals surface area (Å²) in [5, 5.41) is 13.4. The van der Waals surface area contributed by atoms with Crippen molar-refractivity contribution in [2.45, 2.75) is 19.4 Å². The number of nitrogens with zero attached hydrogens (tertiary/aromatic N) is 4. The van der Waals surface area contributed by atoms with Crippen LogP contribution in [0.25, 0.3) is 5.65 Å². The molecule has 3 N–H and O–H groups in total. The average molecular weight is 423 g/mol. The Balaban J connectivity index is 1.66. The lowest BCUT2D eigenvalue weighted by atomic mass is 10.2. The molecule has 1 atom stereocenters. The highest BCUT2D eigenvalue weighted by Gasteiger charge is 2.31. The maximum atomic E-state index is 12.9. The van der Waals surface area contributed by atoms with E-state index in [4.69, 9.17) is 4.74 Å². The summed E-state index contributed by atoms with van der Waals surface area (Å²) in [7, 11) is 3.49. The lowest BCUT2D eigenvalue weighted by Gasteiger charge is -2.14. The second-order valence-electron chi connectivity index (χ2n) is 7.20. The summed E-state index contributed by atoms with van der Waals surface area (Å²) in [5.41, 5.74) is 1.42. The summed E-state index contributed by atoms with van der Waals surface area (Å²) < 4.78 is 7.22. The van der Waals surface area contributed by atoms with Crippen LogP contribution in [0.1, 0.15) is 23.7 Å². The molecule has 0 spiro atoms. The number of para-hydroxylation sites is 2. The Hall–Kier alpha value is -3.82. The number of anilines is 3.